The summed E-state index contributed by atoms with van der Waals surface area (Å²) in [5, 5.41) is 8.33. The van der Waals surface area contributed by atoms with E-state index in [0.717, 1.165) is 16.9 Å². The van der Waals surface area contributed by atoms with Crippen LogP contribution in [0, 0.1) is 12.3 Å². The molecule has 0 aliphatic carbocycles. The minimum Gasteiger partial charge on any atom is -0.497 e. The maximum absolute atomic E-state index is 12.7. The van der Waals surface area contributed by atoms with E-state index in [9.17, 15) is 4.79 Å². The molecule has 0 unspecified atom stereocenters. The Morgan fingerprint density at radius 2 is 1.83 bits per heavy atom. The number of rotatable bonds is 3. The third kappa shape index (κ3) is 3.00. The van der Waals surface area contributed by atoms with E-state index >= 15 is 0 Å². The highest BCUT2D eigenvalue weighted by Crippen LogP contribution is 2.35. The second kappa shape index (κ2) is 6.30. The Balaban J connectivity index is 1.92. The van der Waals surface area contributed by atoms with Gasteiger partial charge in [-0.2, -0.15) is 0 Å². The molecule has 1 amide bonds. The Hall–Kier alpha value is -2.53. The summed E-state index contributed by atoms with van der Waals surface area (Å²) in [7, 11) is 1.59. The molecular formula is C18H16N2O2S. The summed E-state index contributed by atoms with van der Waals surface area (Å²) in [5.74, 6) is 0.545. The zero-order chi connectivity index (χ0) is 16.4. The first-order chi connectivity index (χ1) is 11.1. The lowest BCUT2D eigenvalue weighted by Crippen LogP contribution is -2.27. The first-order valence-corrected chi connectivity index (χ1v) is 7.94. The van der Waals surface area contributed by atoms with Gasteiger partial charge < -0.3 is 4.74 Å². The van der Waals surface area contributed by atoms with Gasteiger partial charge in [0, 0.05) is 0 Å². The standard InChI is InChI=1S/C18H16N2O2S/c1-12-5-3-4-6-13(12)11-16-17(21)20(18(19)23-16)14-7-9-15(22-2)10-8-14/h3-11,19H,1-2H3/b16-11-,19-18?. The molecule has 1 N–H and O–H groups in total. The fourth-order valence-corrected chi connectivity index (χ4v) is 3.20. The second-order valence-corrected chi connectivity index (χ2v) is 6.14. The molecule has 5 heteroatoms. The average molecular weight is 324 g/mol. The van der Waals surface area contributed by atoms with Gasteiger partial charge in [-0.15, -0.1) is 0 Å². The zero-order valence-electron chi connectivity index (χ0n) is 12.9. The largest absolute Gasteiger partial charge is 0.497 e. The summed E-state index contributed by atoms with van der Waals surface area (Å²) >= 11 is 1.18. The third-order valence-electron chi connectivity index (χ3n) is 3.63. The van der Waals surface area contributed by atoms with Gasteiger partial charge in [0.2, 0.25) is 0 Å². The fraction of sp³-hybridized carbons (Fsp3) is 0.111. The Kier molecular flexibility index (Phi) is 4.21. The molecule has 4 nitrogen and oxygen atoms in total. The predicted molar refractivity (Wildman–Crippen MR) is 95.0 cm³/mol. The number of carbonyl (C=O) groups excluding carboxylic acids is 1. The molecule has 1 saturated heterocycles. The highest BCUT2D eigenvalue weighted by molar-refractivity contribution is 8.19. The van der Waals surface area contributed by atoms with E-state index in [4.69, 9.17) is 10.1 Å². The lowest BCUT2D eigenvalue weighted by molar-refractivity contribution is -0.113. The van der Waals surface area contributed by atoms with E-state index in [-0.39, 0.29) is 11.1 Å². The van der Waals surface area contributed by atoms with Gasteiger partial charge in [0.15, 0.2) is 5.17 Å². The Morgan fingerprint density at radius 1 is 1.13 bits per heavy atom. The van der Waals surface area contributed by atoms with E-state index in [1.165, 1.54) is 16.7 Å². The van der Waals surface area contributed by atoms with Crippen LogP contribution >= 0.6 is 11.8 Å². The van der Waals surface area contributed by atoms with Crippen molar-refractivity contribution in [2.24, 2.45) is 0 Å². The molecular weight excluding hydrogens is 308 g/mol. The van der Waals surface area contributed by atoms with E-state index in [2.05, 4.69) is 0 Å². The van der Waals surface area contributed by atoms with Crippen molar-refractivity contribution in [2.75, 3.05) is 12.0 Å². The summed E-state index contributed by atoms with van der Waals surface area (Å²) in [6, 6.07) is 15.0. The molecule has 0 bridgehead atoms. The molecule has 23 heavy (non-hydrogen) atoms. The van der Waals surface area contributed by atoms with Gasteiger partial charge in [-0.05, 0) is 60.2 Å². The van der Waals surface area contributed by atoms with Crippen molar-refractivity contribution in [1.29, 1.82) is 5.41 Å². The van der Waals surface area contributed by atoms with Gasteiger partial charge >= 0.3 is 0 Å². The van der Waals surface area contributed by atoms with Crippen molar-refractivity contribution in [2.45, 2.75) is 6.92 Å². The minimum absolute atomic E-state index is 0.173. The van der Waals surface area contributed by atoms with Gasteiger partial charge in [0.05, 0.1) is 17.7 Å². The molecule has 3 rings (SSSR count). The van der Waals surface area contributed by atoms with Crippen LogP contribution in [-0.4, -0.2) is 18.2 Å². The molecule has 0 aromatic heterocycles. The Bertz CT molecular complexity index is 797. The van der Waals surface area contributed by atoms with Crippen LogP contribution < -0.4 is 9.64 Å². The highest BCUT2D eigenvalue weighted by Gasteiger charge is 2.33. The number of nitrogens with zero attached hydrogens (tertiary/aromatic N) is 1. The molecule has 0 saturated carbocycles. The summed E-state index contributed by atoms with van der Waals surface area (Å²) in [5.41, 5.74) is 2.76. The van der Waals surface area contributed by atoms with Crippen molar-refractivity contribution in [3.63, 3.8) is 0 Å². The molecule has 2 aromatic carbocycles. The molecule has 2 aromatic rings. The van der Waals surface area contributed by atoms with Gasteiger partial charge in [-0.25, -0.2) is 0 Å². The van der Waals surface area contributed by atoms with Crippen LogP contribution in [0.4, 0.5) is 5.69 Å². The lowest BCUT2D eigenvalue weighted by atomic mass is 10.1. The maximum Gasteiger partial charge on any atom is 0.271 e. The number of hydrogen-bond donors (Lipinski definition) is 1. The fourth-order valence-electron chi connectivity index (χ4n) is 2.34. The summed E-state index contributed by atoms with van der Waals surface area (Å²) in [6.07, 6.45) is 1.85. The number of hydrogen-bond acceptors (Lipinski definition) is 4. The van der Waals surface area contributed by atoms with Crippen LogP contribution in [0.15, 0.2) is 53.4 Å². The quantitative estimate of drug-likeness (QED) is 0.866. The maximum atomic E-state index is 12.7. The van der Waals surface area contributed by atoms with Gasteiger partial charge in [-0.1, -0.05) is 24.3 Å². The predicted octanol–water partition coefficient (Wildman–Crippen LogP) is 4.06. The van der Waals surface area contributed by atoms with Crippen molar-refractivity contribution in [3.8, 4) is 5.75 Å². The first kappa shape index (κ1) is 15.4. The molecule has 0 atom stereocenters. The number of amides is 1. The number of aryl methyl sites for hydroxylation is 1. The molecule has 1 aliphatic heterocycles. The number of carbonyl (C=O) groups is 1. The van der Waals surface area contributed by atoms with Crippen LogP contribution in [0.25, 0.3) is 6.08 Å². The molecule has 1 aliphatic rings. The number of nitrogens with one attached hydrogen (secondary N) is 1. The zero-order valence-corrected chi connectivity index (χ0v) is 13.7. The van der Waals surface area contributed by atoms with Crippen molar-refractivity contribution in [3.05, 3.63) is 64.6 Å². The summed E-state index contributed by atoms with van der Waals surface area (Å²) in [4.78, 5) is 14.6. The van der Waals surface area contributed by atoms with Gasteiger partial charge in [-0.3, -0.25) is 15.1 Å². The molecule has 116 valence electrons. The van der Waals surface area contributed by atoms with Crippen molar-refractivity contribution < 1.29 is 9.53 Å². The normalized spacial score (nSPS) is 16.3. The van der Waals surface area contributed by atoms with Gasteiger partial charge in [0.1, 0.15) is 5.75 Å². The number of benzene rings is 2. The van der Waals surface area contributed by atoms with E-state index < -0.39 is 0 Å². The highest BCUT2D eigenvalue weighted by atomic mass is 32.2. The van der Waals surface area contributed by atoms with Crippen LogP contribution in [0.2, 0.25) is 0 Å². The third-order valence-corrected chi connectivity index (χ3v) is 4.52. The van der Waals surface area contributed by atoms with Crippen LogP contribution in [0.5, 0.6) is 5.75 Å². The minimum atomic E-state index is -0.173. The molecule has 1 fully saturated rings. The molecule has 0 spiro atoms. The Labute approximate surface area is 139 Å². The monoisotopic (exact) mass is 324 g/mol. The molecule has 1 heterocycles. The van der Waals surface area contributed by atoms with Crippen molar-refractivity contribution in [1.82, 2.24) is 0 Å². The SMILES string of the molecule is COc1ccc(N2C(=N)S/C(=C\c3ccccc3C)C2=O)cc1. The average Bonchev–Trinajstić information content (AvgIpc) is 2.84. The lowest BCUT2D eigenvalue weighted by Gasteiger charge is -2.14. The van der Waals surface area contributed by atoms with E-state index in [1.54, 1.807) is 31.4 Å². The number of thioether (sulfide) groups is 1. The van der Waals surface area contributed by atoms with Crippen LogP contribution in [-0.2, 0) is 4.79 Å². The number of anilines is 1. The summed E-state index contributed by atoms with van der Waals surface area (Å²) < 4.78 is 5.13. The molecule has 0 radical (unpaired) electrons. The first-order valence-electron chi connectivity index (χ1n) is 7.12. The van der Waals surface area contributed by atoms with Crippen LogP contribution in [0.1, 0.15) is 11.1 Å². The smallest absolute Gasteiger partial charge is 0.271 e. The van der Waals surface area contributed by atoms with E-state index in [0.29, 0.717) is 10.6 Å². The number of amidine groups is 1. The number of ether oxygens (including phenoxy) is 1. The second-order valence-electron chi connectivity index (χ2n) is 5.11. The van der Waals surface area contributed by atoms with Gasteiger partial charge in [0.25, 0.3) is 5.91 Å². The van der Waals surface area contributed by atoms with Crippen LogP contribution in [0.3, 0.4) is 0 Å². The topological polar surface area (TPSA) is 53.4 Å². The van der Waals surface area contributed by atoms with E-state index in [1.807, 2.05) is 37.3 Å². The number of methoxy groups -OCH3 is 1. The Morgan fingerprint density at radius 3 is 2.48 bits per heavy atom. The summed E-state index contributed by atoms with van der Waals surface area (Å²) in [6.45, 7) is 2.00. The van der Waals surface area contributed by atoms with Crippen molar-refractivity contribution >= 4 is 34.6 Å².